The molecule has 0 radical (unpaired) electrons. The summed E-state index contributed by atoms with van der Waals surface area (Å²) in [5, 5.41) is 3.02. The molecule has 4 rings (SSSR count). The second-order valence-corrected chi connectivity index (χ2v) is 7.46. The van der Waals surface area contributed by atoms with Crippen molar-refractivity contribution < 1.29 is 9.59 Å². The van der Waals surface area contributed by atoms with Gasteiger partial charge in [0.25, 0.3) is 0 Å². The minimum atomic E-state index is -0.0699. The molecule has 2 aromatic rings. The Morgan fingerprint density at radius 3 is 2.56 bits per heavy atom. The van der Waals surface area contributed by atoms with Crippen molar-refractivity contribution in [3.63, 3.8) is 0 Å². The van der Waals surface area contributed by atoms with Gasteiger partial charge >= 0.3 is 0 Å². The van der Waals surface area contributed by atoms with Crippen LogP contribution in [0.2, 0.25) is 0 Å². The fourth-order valence-electron chi connectivity index (χ4n) is 4.01. The summed E-state index contributed by atoms with van der Waals surface area (Å²) in [5.41, 5.74) is 3.85. The predicted molar refractivity (Wildman–Crippen MR) is 104 cm³/mol. The summed E-state index contributed by atoms with van der Waals surface area (Å²) in [5.74, 6) is -0.0261. The highest BCUT2D eigenvalue weighted by molar-refractivity contribution is 5.87. The van der Waals surface area contributed by atoms with E-state index in [1.165, 1.54) is 16.7 Å². The lowest BCUT2D eigenvalue weighted by molar-refractivity contribution is -0.140. The Kier molecular flexibility index (Phi) is 5.21. The number of fused-ring (bicyclic) bond motifs is 1. The van der Waals surface area contributed by atoms with Crippen LogP contribution in [0.1, 0.15) is 16.7 Å². The summed E-state index contributed by atoms with van der Waals surface area (Å²) >= 11 is 0. The topological polar surface area (TPSA) is 52.7 Å². The number of carbonyl (C=O) groups is 2. The Labute approximate surface area is 160 Å². The summed E-state index contributed by atoms with van der Waals surface area (Å²) in [7, 11) is 0. The molecule has 0 bridgehead atoms. The number of benzene rings is 2. The Hall–Kier alpha value is -2.66. The molecule has 0 aliphatic carbocycles. The molecule has 2 aromatic carbocycles. The Balaban J connectivity index is 1.36. The number of hydrogen-bond acceptors (Lipinski definition) is 3. The highest BCUT2D eigenvalue weighted by atomic mass is 16.2. The van der Waals surface area contributed by atoms with Gasteiger partial charge in [0.05, 0.1) is 19.1 Å². The molecule has 27 heavy (non-hydrogen) atoms. The van der Waals surface area contributed by atoms with Crippen molar-refractivity contribution in [3.05, 3.63) is 71.3 Å². The number of nitrogens with zero attached hydrogens (tertiary/aromatic N) is 2. The number of hydrogen-bond donors (Lipinski definition) is 1. The third kappa shape index (κ3) is 4.37. The van der Waals surface area contributed by atoms with Gasteiger partial charge in [0.2, 0.25) is 11.8 Å². The summed E-state index contributed by atoms with van der Waals surface area (Å²) in [4.78, 5) is 28.8. The van der Waals surface area contributed by atoms with Gasteiger partial charge in [0.1, 0.15) is 0 Å². The van der Waals surface area contributed by atoms with Crippen LogP contribution in [0.15, 0.2) is 54.6 Å². The maximum absolute atomic E-state index is 12.8. The van der Waals surface area contributed by atoms with Gasteiger partial charge in [-0.25, -0.2) is 0 Å². The van der Waals surface area contributed by atoms with Crippen LogP contribution >= 0.6 is 0 Å². The van der Waals surface area contributed by atoms with Crippen LogP contribution in [0.4, 0.5) is 0 Å². The van der Waals surface area contributed by atoms with Gasteiger partial charge in [-0.05, 0) is 29.5 Å². The molecule has 5 nitrogen and oxygen atoms in total. The highest BCUT2D eigenvalue weighted by Gasteiger charge is 2.29. The largest absolute Gasteiger partial charge is 0.350 e. The fourth-order valence-corrected chi connectivity index (χ4v) is 4.01. The van der Waals surface area contributed by atoms with E-state index in [9.17, 15) is 9.59 Å². The number of amides is 2. The van der Waals surface area contributed by atoms with E-state index in [2.05, 4.69) is 40.5 Å². The zero-order valence-electron chi connectivity index (χ0n) is 15.4. The molecule has 0 spiro atoms. The van der Waals surface area contributed by atoms with E-state index in [1.807, 2.05) is 24.3 Å². The quantitative estimate of drug-likeness (QED) is 0.898. The number of rotatable bonds is 4. The normalized spacial score (nSPS) is 20.1. The van der Waals surface area contributed by atoms with Crippen molar-refractivity contribution in [2.24, 2.45) is 0 Å². The van der Waals surface area contributed by atoms with E-state index >= 15 is 0 Å². The van der Waals surface area contributed by atoms with Crippen LogP contribution in [0.25, 0.3) is 0 Å². The SMILES string of the molecule is O=C1CN(C(=O)CN2CCc3ccccc3C2)C[C@H](Cc2ccccc2)N1. The fraction of sp³-hybridized carbons (Fsp3) is 0.364. The Morgan fingerprint density at radius 1 is 1.00 bits per heavy atom. The average Bonchev–Trinajstić information content (AvgIpc) is 2.68. The molecule has 2 aliphatic rings. The molecule has 1 N–H and O–H groups in total. The Bertz CT molecular complexity index is 821. The van der Waals surface area contributed by atoms with E-state index < -0.39 is 0 Å². The summed E-state index contributed by atoms with van der Waals surface area (Å²) in [6.07, 6.45) is 1.72. The highest BCUT2D eigenvalue weighted by Crippen LogP contribution is 2.18. The minimum Gasteiger partial charge on any atom is -0.350 e. The van der Waals surface area contributed by atoms with Crippen LogP contribution in [-0.2, 0) is 29.0 Å². The van der Waals surface area contributed by atoms with Crippen molar-refractivity contribution in [2.45, 2.75) is 25.4 Å². The molecule has 2 amide bonds. The molecular formula is C22H25N3O2. The molecule has 1 atom stereocenters. The van der Waals surface area contributed by atoms with E-state index in [0.717, 1.165) is 25.9 Å². The number of carbonyl (C=O) groups excluding carboxylic acids is 2. The smallest absolute Gasteiger partial charge is 0.239 e. The predicted octanol–water partition coefficient (Wildman–Crippen LogP) is 1.61. The van der Waals surface area contributed by atoms with Gasteiger partial charge in [0, 0.05) is 19.6 Å². The third-order valence-corrected chi connectivity index (χ3v) is 5.39. The standard InChI is InChI=1S/C22H25N3O2/c26-21-15-25(14-20(23-21)12-17-6-2-1-3-7-17)22(27)16-24-11-10-18-8-4-5-9-19(18)13-24/h1-9,20H,10-16H2,(H,23,26)/t20-/m0/s1. The maximum Gasteiger partial charge on any atom is 0.239 e. The Morgan fingerprint density at radius 2 is 1.74 bits per heavy atom. The van der Waals surface area contributed by atoms with Gasteiger partial charge in [0.15, 0.2) is 0 Å². The molecule has 5 heteroatoms. The maximum atomic E-state index is 12.8. The molecule has 0 saturated carbocycles. The van der Waals surface area contributed by atoms with E-state index in [1.54, 1.807) is 4.90 Å². The molecular weight excluding hydrogens is 338 g/mol. The van der Waals surface area contributed by atoms with Crippen LogP contribution in [0.5, 0.6) is 0 Å². The molecule has 2 aliphatic heterocycles. The third-order valence-electron chi connectivity index (χ3n) is 5.39. The first-order chi connectivity index (χ1) is 13.2. The van der Waals surface area contributed by atoms with Crippen LogP contribution in [0.3, 0.4) is 0 Å². The zero-order valence-corrected chi connectivity index (χ0v) is 15.4. The van der Waals surface area contributed by atoms with Gasteiger partial charge in [-0.2, -0.15) is 0 Å². The first-order valence-corrected chi connectivity index (χ1v) is 9.57. The molecule has 2 heterocycles. The summed E-state index contributed by atoms with van der Waals surface area (Å²) in [6.45, 7) is 2.80. The second-order valence-electron chi connectivity index (χ2n) is 7.46. The van der Waals surface area contributed by atoms with Crippen molar-refractivity contribution in [1.29, 1.82) is 0 Å². The summed E-state index contributed by atoms with van der Waals surface area (Å²) in [6, 6.07) is 18.5. The molecule has 1 fully saturated rings. The number of nitrogens with one attached hydrogen (secondary N) is 1. The number of piperazine rings is 1. The molecule has 0 aromatic heterocycles. The minimum absolute atomic E-state index is 0.0281. The lowest BCUT2D eigenvalue weighted by Crippen LogP contribution is -2.58. The lowest BCUT2D eigenvalue weighted by atomic mass is 10.00. The van der Waals surface area contributed by atoms with Crippen LogP contribution in [-0.4, -0.2) is 53.8 Å². The van der Waals surface area contributed by atoms with Gasteiger partial charge < -0.3 is 10.2 Å². The average molecular weight is 363 g/mol. The van der Waals surface area contributed by atoms with E-state index in [4.69, 9.17) is 0 Å². The van der Waals surface area contributed by atoms with Gasteiger partial charge in [-0.15, -0.1) is 0 Å². The first-order valence-electron chi connectivity index (χ1n) is 9.57. The second kappa shape index (κ2) is 7.92. The van der Waals surface area contributed by atoms with Crippen LogP contribution < -0.4 is 5.32 Å². The van der Waals surface area contributed by atoms with Crippen molar-refractivity contribution in [1.82, 2.24) is 15.1 Å². The lowest BCUT2D eigenvalue weighted by Gasteiger charge is -2.35. The van der Waals surface area contributed by atoms with E-state index in [0.29, 0.717) is 13.1 Å². The molecule has 0 unspecified atom stereocenters. The summed E-state index contributed by atoms with van der Waals surface area (Å²) < 4.78 is 0. The van der Waals surface area contributed by atoms with Crippen molar-refractivity contribution >= 4 is 11.8 Å². The van der Waals surface area contributed by atoms with Gasteiger partial charge in [-0.1, -0.05) is 54.6 Å². The van der Waals surface area contributed by atoms with Crippen LogP contribution in [0, 0.1) is 0 Å². The molecule has 140 valence electrons. The monoisotopic (exact) mass is 363 g/mol. The van der Waals surface area contributed by atoms with Crippen molar-refractivity contribution in [2.75, 3.05) is 26.2 Å². The molecule has 1 saturated heterocycles. The van der Waals surface area contributed by atoms with Gasteiger partial charge in [-0.3, -0.25) is 14.5 Å². The zero-order chi connectivity index (χ0) is 18.6. The first kappa shape index (κ1) is 17.7. The van der Waals surface area contributed by atoms with Crippen molar-refractivity contribution in [3.8, 4) is 0 Å². The van der Waals surface area contributed by atoms with E-state index in [-0.39, 0.29) is 24.4 Å².